The lowest BCUT2D eigenvalue weighted by Crippen LogP contribution is -2.54. The number of carbonyl (C=O) groups is 2. The van der Waals surface area contributed by atoms with Crippen LogP contribution in [0.3, 0.4) is 0 Å². The number of aromatic amines is 1. The molecule has 1 fully saturated rings. The Hall–Kier alpha value is -2.68. The number of fused-ring (bicyclic) bond motifs is 1. The van der Waals surface area contributed by atoms with Gasteiger partial charge in [0.1, 0.15) is 5.70 Å². The third-order valence-electron chi connectivity index (χ3n) is 5.83. The molecule has 30 heavy (non-hydrogen) atoms. The molecule has 3 heterocycles. The number of rotatable bonds is 8. The van der Waals surface area contributed by atoms with Crippen LogP contribution in [0.4, 0.5) is 0 Å². The second-order valence-electron chi connectivity index (χ2n) is 7.82. The van der Waals surface area contributed by atoms with Crippen molar-refractivity contribution in [2.24, 2.45) is 5.73 Å². The van der Waals surface area contributed by atoms with Crippen LogP contribution in [0.1, 0.15) is 25.3 Å². The second kappa shape index (κ2) is 8.99. The van der Waals surface area contributed by atoms with Gasteiger partial charge in [-0.25, -0.2) is 5.01 Å². The van der Waals surface area contributed by atoms with Crippen LogP contribution in [0.25, 0.3) is 16.5 Å². The number of hydrogen-bond donors (Lipinski definition) is 3. The summed E-state index contributed by atoms with van der Waals surface area (Å²) in [6.07, 6.45) is 3.69. The number of hydrazine groups is 1. The van der Waals surface area contributed by atoms with Crippen molar-refractivity contribution in [2.45, 2.75) is 19.8 Å². The van der Waals surface area contributed by atoms with Crippen molar-refractivity contribution in [1.29, 1.82) is 0 Å². The van der Waals surface area contributed by atoms with Gasteiger partial charge in [0.2, 0.25) is 0 Å². The molecule has 0 bridgehead atoms. The first kappa shape index (κ1) is 20.6. The molecule has 0 aliphatic carbocycles. The van der Waals surface area contributed by atoms with Gasteiger partial charge in [-0.15, -0.1) is 0 Å². The highest BCUT2D eigenvalue weighted by molar-refractivity contribution is 6.37. The molecule has 0 radical (unpaired) electrons. The van der Waals surface area contributed by atoms with Crippen LogP contribution in [0, 0.1) is 0 Å². The number of para-hydroxylation sites is 1. The van der Waals surface area contributed by atoms with E-state index in [1.54, 1.807) is 0 Å². The first-order valence-corrected chi connectivity index (χ1v) is 10.7. The fraction of sp³-hybridized carbons (Fsp3) is 0.455. The van der Waals surface area contributed by atoms with Crippen LogP contribution >= 0.6 is 0 Å². The molecule has 0 atom stereocenters. The Morgan fingerprint density at radius 2 is 1.87 bits per heavy atom. The predicted octanol–water partition coefficient (Wildman–Crippen LogP) is 1.13. The summed E-state index contributed by atoms with van der Waals surface area (Å²) in [7, 11) is 0. The molecule has 2 aromatic rings. The average molecular weight is 411 g/mol. The van der Waals surface area contributed by atoms with Gasteiger partial charge in [-0.1, -0.05) is 25.1 Å². The van der Waals surface area contributed by atoms with Crippen LogP contribution in [-0.2, 0) is 9.59 Å². The van der Waals surface area contributed by atoms with E-state index in [-0.39, 0.29) is 11.8 Å². The zero-order chi connectivity index (χ0) is 21.1. The second-order valence-corrected chi connectivity index (χ2v) is 7.82. The normalized spacial score (nSPS) is 18.5. The van der Waals surface area contributed by atoms with E-state index >= 15 is 0 Å². The van der Waals surface area contributed by atoms with Gasteiger partial charge >= 0.3 is 0 Å². The van der Waals surface area contributed by atoms with E-state index in [0.29, 0.717) is 24.4 Å². The van der Waals surface area contributed by atoms with Gasteiger partial charge in [-0.3, -0.25) is 19.9 Å². The van der Waals surface area contributed by atoms with Crippen molar-refractivity contribution < 1.29 is 9.59 Å². The molecule has 4 N–H and O–H groups in total. The Balaban J connectivity index is 1.68. The van der Waals surface area contributed by atoms with Crippen molar-refractivity contribution in [2.75, 3.05) is 45.8 Å². The van der Waals surface area contributed by atoms with Crippen LogP contribution in [0.15, 0.2) is 36.2 Å². The number of carbonyl (C=O) groups excluding carboxylic acids is 2. The monoisotopic (exact) mass is 410 g/mol. The van der Waals surface area contributed by atoms with Crippen molar-refractivity contribution in [3.63, 3.8) is 0 Å². The fourth-order valence-corrected chi connectivity index (χ4v) is 4.34. The van der Waals surface area contributed by atoms with Crippen molar-refractivity contribution in [1.82, 2.24) is 25.2 Å². The van der Waals surface area contributed by atoms with E-state index in [1.807, 2.05) is 35.5 Å². The molecule has 8 heteroatoms. The number of H-pyrrole nitrogens is 1. The zero-order valence-electron chi connectivity index (χ0n) is 17.5. The van der Waals surface area contributed by atoms with Crippen LogP contribution in [0.5, 0.6) is 0 Å². The maximum Gasteiger partial charge on any atom is 0.276 e. The first-order chi connectivity index (χ1) is 14.6. The minimum Gasteiger partial charge on any atom is -0.361 e. The number of nitrogens with zero attached hydrogens (tertiary/aromatic N) is 3. The van der Waals surface area contributed by atoms with Crippen molar-refractivity contribution >= 4 is 28.3 Å². The number of aromatic nitrogens is 1. The Labute approximate surface area is 176 Å². The molecule has 0 saturated carbocycles. The summed E-state index contributed by atoms with van der Waals surface area (Å²) < 4.78 is 0. The molecular formula is C22H30N6O2. The first-order valence-electron chi connectivity index (χ1n) is 10.7. The number of piperazine rings is 1. The molecule has 8 nitrogen and oxygen atoms in total. The molecule has 2 aliphatic rings. The Morgan fingerprint density at radius 1 is 1.10 bits per heavy atom. The average Bonchev–Trinajstić information content (AvgIpc) is 3.30. The van der Waals surface area contributed by atoms with E-state index in [1.165, 1.54) is 0 Å². The molecule has 4 rings (SSSR count). The van der Waals surface area contributed by atoms with Gasteiger partial charge in [-0.2, -0.15) is 0 Å². The number of benzene rings is 1. The summed E-state index contributed by atoms with van der Waals surface area (Å²) in [4.78, 5) is 31.4. The SMILES string of the molecule is CCCN(C1=C(c2c[nH]c3ccccc23)C(=O)NC1=O)N1CCN(CCCN)CC1. The van der Waals surface area contributed by atoms with Crippen LogP contribution in [-0.4, -0.2) is 77.5 Å². The van der Waals surface area contributed by atoms with Crippen molar-refractivity contribution in [3.8, 4) is 0 Å². The van der Waals surface area contributed by atoms with Gasteiger partial charge in [-0.05, 0) is 32.0 Å². The molecule has 2 aliphatic heterocycles. The Bertz CT molecular complexity index is 957. The minimum absolute atomic E-state index is 0.320. The molecule has 0 unspecified atom stereocenters. The molecule has 0 spiro atoms. The summed E-state index contributed by atoms with van der Waals surface area (Å²) in [5.41, 5.74) is 8.27. The van der Waals surface area contributed by atoms with E-state index in [9.17, 15) is 9.59 Å². The number of amides is 2. The van der Waals surface area contributed by atoms with Gasteiger partial charge in [0.25, 0.3) is 11.8 Å². The summed E-state index contributed by atoms with van der Waals surface area (Å²) in [6.45, 7) is 7.95. The Kier molecular flexibility index (Phi) is 6.17. The number of imide groups is 1. The lowest BCUT2D eigenvalue weighted by molar-refractivity contribution is -0.126. The number of nitrogens with one attached hydrogen (secondary N) is 2. The van der Waals surface area contributed by atoms with E-state index in [0.717, 1.165) is 62.0 Å². The highest BCUT2D eigenvalue weighted by atomic mass is 16.2. The van der Waals surface area contributed by atoms with E-state index in [4.69, 9.17) is 5.73 Å². The summed E-state index contributed by atoms with van der Waals surface area (Å²) in [6, 6.07) is 7.84. The molecule has 1 aromatic heterocycles. The van der Waals surface area contributed by atoms with Gasteiger partial charge < -0.3 is 15.6 Å². The Morgan fingerprint density at radius 3 is 2.60 bits per heavy atom. The smallest absolute Gasteiger partial charge is 0.276 e. The van der Waals surface area contributed by atoms with E-state index in [2.05, 4.69) is 27.1 Å². The third kappa shape index (κ3) is 3.86. The summed E-state index contributed by atoms with van der Waals surface area (Å²) in [5.74, 6) is -0.651. The number of hydrogen-bond acceptors (Lipinski definition) is 6. The highest BCUT2D eigenvalue weighted by Crippen LogP contribution is 2.32. The lowest BCUT2D eigenvalue weighted by atomic mass is 10.0. The molecule has 2 amide bonds. The molecule has 1 saturated heterocycles. The maximum atomic E-state index is 12.9. The third-order valence-corrected chi connectivity index (χ3v) is 5.83. The summed E-state index contributed by atoms with van der Waals surface area (Å²) >= 11 is 0. The zero-order valence-corrected chi connectivity index (χ0v) is 17.5. The quantitative estimate of drug-likeness (QED) is 0.565. The highest BCUT2D eigenvalue weighted by Gasteiger charge is 2.38. The minimum atomic E-state index is -0.331. The fourth-order valence-electron chi connectivity index (χ4n) is 4.34. The van der Waals surface area contributed by atoms with Crippen LogP contribution < -0.4 is 11.1 Å². The molecular weight excluding hydrogens is 380 g/mol. The number of nitrogens with two attached hydrogens (primary N) is 1. The van der Waals surface area contributed by atoms with Crippen molar-refractivity contribution in [3.05, 3.63) is 41.7 Å². The maximum absolute atomic E-state index is 12.9. The largest absolute Gasteiger partial charge is 0.361 e. The molecule has 1 aromatic carbocycles. The lowest BCUT2D eigenvalue weighted by Gasteiger charge is -2.42. The topological polar surface area (TPSA) is 97.7 Å². The van der Waals surface area contributed by atoms with Gasteiger partial charge in [0, 0.05) is 55.4 Å². The molecule has 160 valence electrons. The predicted molar refractivity (Wildman–Crippen MR) is 117 cm³/mol. The summed E-state index contributed by atoms with van der Waals surface area (Å²) in [5, 5.41) is 7.71. The van der Waals surface area contributed by atoms with E-state index < -0.39 is 0 Å². The van der Waals surface area contributed by atoms with Gasteiger partial charge in [0.15, 0.2) is 0 Å². The van der Waals surface area contributed by atoms with Crippen LogP contribution in [0.2, 0.25) is 0 Å². The van der Waals surface area contributed by atoms with Gasteiger partial charge in [0.05, 0.1) is 5.57 Å². The standard InChI is InChI=1S/C22H30N6O2/c1-2-9-28(27-13-11-26(12-14-27)10-5-8-23)20-19(21(29)25-22(20)30)17-15-24-18-7-4-3-6-16(17)18/h3-4,6-7,15,24H,2,5,8-14,23H2,1H3,(H,25,29,30).